The van der Waals surface area contributed by atoms with E-state index in [2.05, 4.69) is 0 Å². The molecule has 144 valence electrons. The highest BCUT2D eigenvalue weighted by Crippen LogP contribution is 2.60. The van der Waals surface area contributed by atoms with E-state index in [0.717, 1.165) is 19.3 Å². The number of carbonyl (C=O) groups excluding carboxylic acids is 1. The van der Waals surface area contributed by atoms with Crippen molar-refractivity contribution in [2.45, 2.75) is 69.5 Å². The Hall–Kier alpha value is -0.760. The van der Waals surface area contributed by atoms with Gasteiger partial charge in [0, 0.05) is 6.42 Å². The lowest BCUT2D eigenvalue weighted by Crippen LogP contribution is -2.50. The summed E-state index contributed by atoms with van der Waals surface area (Å²) in [5, 5.41) is -4.11. The summed E-state index contributed by atoms with van der Waals surface area (Å²) in [4.78, 5) is 12.6. The molecule has 5 nitrogen and oxygen atoms in total. The minimum atomic E-state index is -5.35. The fraction of sp³-hybridized carbons (Fsp3) is 0.941. The van der Waals surface area contributed by atoms with Gasteiger partial charge in [0.05, 0.1) is 12.0 Å². The standard InChI is InChI=1S/C17H26F2O5S/c18-17(19,25(21,22)23)4-2-1-3-5-24-15(20)16-9-12-6-13(10-16)8-14(7-12)11-16/h12-14H,1-11H2,(H,21,22,23). The van der Waals surface area contributed by atoms with Crippen molar-refractivity contribution < 1.29 is 31.3 Å². The van der Waals surface area contributed by atoms with Gasteiger partial charge < -0.3 is 4.74 Å². The van der Waals surface area contributed by atoms with E-state index in [9.17, 15) is 22.0 Å². The molecule has 4 saturated carbocycles. The lowest BCUT2D eigenvalue weighted by atomic mass is 9.49. The van der Waals surface area contributed by atoms with Gasteiger partial charge in [0.1, 0.15) is 0 Å². The van der Waals surface area contributed by atoms with Crippen LogP contribution in [0.4, 0.5) is 8.78 Å². The number of alkyl halides is 2. The highest BCUT2D eigenvalue weighted by Gasteiger charge is 2.55. The number of hydrogen-bond acceptors (Lipinski definition) is 4. The first kappa shape index (κ1) is 19.0. The summed E-state index contributed by atoms with van der Waals surface area (Å²) in [5.74, 6) is 1.83. The predicted molar refractivity (Wildman–Crippen MR) is 86.5 cm³/mol. The van der Waals surface area contributed by atoms with Gasteiger partial charge in [-0.25, -0.2) is 0 Å². The summed E-state index contributed by atoms with van der Waals surface area (Å²) in [6, 6.07) is 0. The lowest BCUT2D eigenvalue weighted by Gasteiger charge is -2.55. The minimum Gasteiger partial charge on any atom is -0.465 e. The zero-order valence-electron chi connectivity index (χ0n) is 14.3. The second-order valence-corrected chi connectivity index (χ2v) is 9.80. The number of rotatable bonds is 8. The maximum absolute atomic E-state index is 13.1. The first-order valence-corrected chi connectivity index (χ1v) is 10.6. The largest absolute Gasteiger partial charge is 0.465 e. The summed E-state index contributed by atoms with van der Waals surface area (Å²) in [6.07, 6.45) is 6.28. The van der Waals surface area contributed by atoms with E-state index in [4.69, 9.17) is 9.29 Å². The minimum absolute atomic E-state index is 0.0539. The van der Waals surface area contributed by atoms with Gasteiger partial charge in [0.15, 0.2) is 0 Å². The fourth-order valence-electron chi connectivity index (χ4n) is 5.42. The molecule has 4 rings (SSSR count). The summed E-state index contributed by atoms with van der Waals surface area (Å²) in [5.41, 5.74) is -0.313. The maximum atomic E-state index is 13.1. The highest BCUT2D eigenvalue weighted by atomic mass is 32.2. The molecule has 0 aliphatic heterocycles. The number of unbranched alkanes of at least 4 members (excludes halogenated alkanes) is 2. The molecule has 4 aliphatic carbocycles. The van der Waals surface area contributed by atoms with Crippen LogP contribution >= 0.6 is 0 Å². The first-order valence-electron chi connectivity index (χ1n) is 9.13. The van der Waals surface area contributed by atoms with Gasteiger partial charge in [-0.1, -0.05) is 0 Å². The zero-order chi connectivity index (χ0) is 18.3. The Bertz CT molecular complexity index is 581. The van der Waals surface area contributed by atoms with Gasteiger partial charge in [-0.2, -0.15) is 17.2 Å². The molecule has 25 heavy (non-hydrogen) atoms. The van der Waals surface area contributed by atoms with Crippen LogP contribution in [0.1, 0.15) is 64.2 Å². The van der Waals surface area contributed by atoms with Crippen LogP contribution in [0.3, 0.4) is 0 Å². The van der Waals surface area contributed by atoms with E-state index in [1.165, 1.54) is 19.3 Å². The van der Waals surface area contributed by atoms with Gasteiger partial charge in [-0.15, -0.1) is 0 Å². The second kappa shape index (κ2) is 6.76. The Labute approximate surface area is 147 Å². The first-order chi connectivity index (χ1) is 11.6. The van der Waals surface area contributed by atoms with Crippen molar-refractivity contribution in [1.29, 1.82) is 0 Å². The predicted octanol–water partition coefficient (Wildman–Crippen LogP) is 3.79. The molecule has 0 radical (unpaired) electrons. The third-order valence-electron chi connectivity index (χ3n) is 6.19. The molecule has 0 aromatic carbocycles. The highest BCUT2D eigenvalue weighted by molar-refractivity contribution is 7.86. The Morgan fingerprint density at radius 1 is 1.04 bits per heavy atom. The van der Waals surface area contributed by atoms with Crippen molar-refractivity contribution in [3.63, 3.8) is 0 Å². The van der Waals surface area contributed by atoms with E-state index in [-0.39, 0.29) is 24.4 Å². The van der Waals surface area contributed by atoms with Gasteiger partial charge in [0.2, 0.25) is 0 Å². The average Bonchev–Trinajstić information content (AvgIpc) is 2.48. The van der Waals surface area contributed by atoms with Crippen molar-refractivity contribution in [3.8, 4) is 0 Å². The van der Waals surface area contributed by atoms with Crippen LogP contribution in [0.5, 0.6) is 0 Å². The van der Waals surface area contributed by atoms with Crippen molar-refractivity contribution in [1.82, 2.24) is 0 Å². The van der Waals surface area contributed by atoms with Crippen molar-refractivity contribution in [2.75, 3.05) is 6.61 Å². The van der Waals surface area contributed by atoms with Crippen LogP contribution in [-0.2, 0) is 19.6 Å². The van der Waals surface area contributed by atoms with Crippen molar-refractivity contribution in [3.05, 3.63) is 0 Å². The van der Waals surface area contributed by atoms with E-state index in [1.54, 1.807) is 0 Å². The molecule has 1 N–H and O–H groups in total. The maximum Gasteiger partial charge on any atom is 0.370 e. The van der Waals surface area contributed by atoms with Gasteiger partial charge in [-0.05, 0) is 75.5 Å². The number of halogens is 2. The number of ether oxygens (including phenoxy) is 1. The summed E-state index contributed by atoms with van der Waals surface area (Å²) in [7, 11) is -5.35. The Morgan fingerprint density at radius 2 is 1.56 bits per heavy atom. The van der Waals surface area contributed by atoms with Crippen molar-refractivity contribution in [2.24, 2.45) is 23.2 Å². The molecule has 0 aromatic rings. The van der Waals surface area contributed by atoms with E-state index >= 15 is 0 Å². The molecule has 0 saturated heterocycles. The molecular formula is C17H26F2O5S. The lowest BCUT2D eigenvalue weighted by molar-refractivity contribution is -0.171. The average molecular weight is 380 g/mol. The monoisotopic (exact) mass is 380 g/mol. The molecule has 4 fully saturated rings. The summed E-state index contributed by atoms with van der Waals surface area (Å²) >= 11 is 0. The van der Waals surface area contributed by atoms with E-state index in [0.29, 0.717) is 30.6 Å². The topological polar surface area (TPSA) is 80.7 Å². The van der Waals surface area contributed by atoms with E-state index in [1.807, 2.05) is 0 Å². The number of carbonyl (C=O) groups is 1. The summed E-state index contributed by atoms with van der Waals surface area (Å²) in [6.45, 7) is 0.179. The molecule has 0 amide bonds. The van der Waals surface area contributed by atoms with E-state index < -0.39 is 21.8 Å². The Kier molecular flexibility index (Phi) is 5.14. The number of hydrogen-bond donors (Lipinski definition) is 1. The quantitative estimate of drug-likeness (QED) is 0.394. The summed E-state index contributed by atoms with van der Waals surface area (Å²) < 4.78 is 61.0. The second-order valence-electron chi connectivity index (χ2n) is 8.26. The van der Waals surface area contributed by atoms with Crippen LogP contribution in [-0.4, -0.2) is 30.8 Å². The molecular weight excluding hydrogens is 354 g/mol. The fourth-order valence-corrected chi connectivity index (χ4v) is 5.82. The van der Waals surface area contributed by atoms with Gasteiger partial charge >= 0.3 is 21.3 Å². The van der Waals surface area contributed by atoms with Crippen LogP contribution in [0, 0.1) is 23.2 Å². The molecule has 0 spiro atoms. The molecule has 8 heteroatoms. The molecule has 0 aromatic heterocycles. The normalized spacial score (nSPS) is 34.3. The van der Waals surface area contributed by atoms with Crippen LogP contribution in [0.15, 0.2) is 0 Å². The van der Waals surface area contributed by atoms with Gasteiger partial charge in [0.25, 0.3) is 0 Å². The third kappa shape index (κ3) is 3.99. The molecule has 0 unspecified atom stereocenters. The SMILES string of the molecule is O=C(OCCCCCC(F)(F)S(=O)(=O)O)C12CC3CC(CC(C3)C1)C2. The van der Waals surface area contributed by atoms with Crippen LogP contribution in [0.25, 0.3) is 0 Å². The molecule has 0 heterocycles. The van der Waals surface area contributed by atoms with Crippen LogP contribution in [0.2, 0.25) is 0 Å². The Balaban J connectivity index is 1.38. The van der Waals surface area contributed by atoms with Crippen molar-refractivity contribution >= 4 is 16.1 Å². The zero-order valence-corrected chi connectivity index (χ0v) is 15.1. The number of esters is 1. The smallest absolute Gasteiger partial charge is 0.370 e. The molecule has 4 aliphatic rings. The Morgan fingerprint density at radius 3 is 2.04 bits per heavy atom. The molecule has 0 atom stereocenters. The van der Waals surface area contributed by atoms with Crippen LogP contribution < -0.4 is 0 Å². The molecule has 4 bridgehead atoms. The van der Waals surface area contributed by atoms with Gasteiger partial charge in [-0.3, -0.25) is 9.35 Å². The third-order valence-corrected chi connectivity index (χ3v) is 7.15.